The van der Waals surface area contributed by atoms with Gasteiger partial charge in [-0.05, 0) is 70.5 Å². The lowest BCUT2D eigenvalue weighted by Crippen LogP contribution is -2.57. The van der Waals surface area contributed by atoms with Gasteiger partial charge in [0.2, 0.25) is 11.8 Å². The molecule has 0 aromatic heterocycles. The predicted molar refractivity (Wildman–Crippen MR) is 158 cm³/mol. The Morgan fingerprint density at radius 3 is 2.00 bits per heavy atom. The molecule has 0 aliphatic carbocycles. The van der Waals surface area contributed by atoms with E-state index in [1.165, 1.54) is 0 Å². The third-order valence-electron chi connectivity index (χ3n) is 6.39. The number of carboxylic acid groups (broad SMARTS) is 1. The number of nitrogens with zero attached hydrogens (tertiary/aromatic N) is 1. The molecule has 0 radical (unpaired) electrons. The van der Waals surface area contributed by atoms with Gasteiger partial charge < -0.3 is 31.4 Å². The molecule has 0 bridgehead atoms. The maximum absolute atomic E-state index is 13.7. The number of amides is 4. The fourth-order valence-electron chi connectivity index (χ4n) is 4.26. The average Bonchev–Trinajstić information content (AvgIpc) is 2.94. The highest BCUT2D eigenvalue weighted by Gasteiger charge is 2.40. The number of primary amides is 1. The number of carbonyl (C=O) groups is 5. The van der Waals surface area contributed by atoms with Gasteiger partial charge in [0.15, 0.2) is 0 Å². The highest BCUT2D eigenvalue weighted by atomic mass is 16.6. The van der Waals surface area contributed by atoms with Crippen molar-refractivity contribution in [2.75, 3.05) is 6.54 Å². The van der Waals surface area contributed by atoms with E-state index in [2.05, 4.69) is 5.32 Å². The molecule has 0 heterocycles. The lowest BCUT2D eigenvalue weighted by molar-refractivity contribution is -0.143. The summed E-state index contributed by atoms with van der Waals surface area (Å²) in [6, 6.07) is 14.7. The number of nitrogens with one attached hydrogen (secondary N) is 1. The summed E-state index contributed by atoms with van der Waals surface area (Å²) in [4.78, 5) is 65.4. The van der Waals surface area contributed by atoms with E-state index in [1.54, 1.807) is 81.4 Å². The number of benzene rings is 2. The van der Waals surface area contributed by atoms with Crippen molar-refractivity contribution >= 4 is 30.0 Å². The van der Waals surface area contributed by atoms with Gasteiger partial charge >= 0.3 is 18.2 Å². The van der Waals surface area contributed by atoms with Crippen LogP contribution < -0.4 is 16.8 Å². The van der Waals surface area contributed by atoms with Gasteiger partial charge in [0.05, 0.1) is 5.92 Å². The smallest absolute Gasteiger partial charge is 0.420 e. The molecule has 0 saturated heterocycles. The molecule has 0 saturated carbocycles. The highest BCUT2D eigenvalue weighted by Crippen LogP contribution is 2.20. The number of hydrogen-bond acceptors (Lipinski definition) is 8. The quantitative estimate of drug-likeness (QED) is 0.223. The number of aliphatic carboxylic acids is 1. The summed E-state index contributed by atoms with van der Waals surface area (Å²) in [6.45, 7) is 4.92. The molecule has 2 rings (SSSR count). The van der Waals surface area contributed by atoms with Gasteiger partial charge in [-0.2, -0.15) is 4.90 Å². The van der Waals surface area contributed by atoms with E-state index < -0.39 is 53.6 Å². The third kappa shape index (κ3) is 12.1. The van der Waals surface area contributed by atoms with Crippen molar-refractivity contribution in [2.45, 2.75) is 77.2 Å². The van der Waals surface area contributed by atoms with Crippen molar-refractivity contribution in [1.82, 2.24) is 10.2 Å². The molecule has 2 aromatic rings. The number of rotatable bonds is 15. The summed E-state index contributed by atoms with van der Waals surface area (Å²) < 4.78 is 10.8. The Hall–Kier alpha value is -4.45. The Kier molecular flexibility index (Phi) is 13.6. The first-order valence-electron chi connectivity index (χ1n) is 14.1. The zero-order chi connectivity index (χ0) is 32.0. The largest absolute Gasteiger partial charge is 0.481 e. The van der Waals surface area contributed by atoms with Gasteiger partial charge in [-0.15, -0.1) is 0 Å². The Balaban J connectivity index is 2.36. The van der Waals surface area contributed by atoms with Crippen LogP contribution in [-0.2, 0) is 36.9 Å². The van der Waals surface area contributed by atoms with E-state index in [4.69, 9.17) is 20.9 Å². The van der Waals surface area contributed by atoms with Gasteiger partial charge in [0.1, 0.15) is 24.3 Å². The van der Waals surface area contributed by atoms with Crippen molar-refractivity contribution in [2.24, 2.45) is 17.4 Å². The minimum atomic E-state index is -1.47. The van der Waals surface area contributed by atoms with Crippen LogP contribution in [0, 0.1) is 5.92 Å². The second-order valence-electron chi connectivity index (χ2n) is 11.1. The van der Waals surface area contributed by atoms with Crippen LogP contribution >= 0.6 is 0 Å². The van der Waals surface area contributed by atoms with Gasteiger partial charge in [-0.25, -0.2) is 9.59 Å². The van der Waals surface area contributed by atoms with Crippen LogP contribution in [0.4, 0.5) is 9.59 Å². The van der Waals surface area contributed by atoms with E-state index >= 15 is 0 Å². The fourth-order valence-corrected chi connectivity index (χ4v) is 4.26. The van der Waals surface area contributed by atoms with Crippen LogP contribution in [0.2, 0.25) is 0 Å². The molecule has 0 aliphatic heterocycles. The number of unbranched alkanes of at least 4 members (excludes halogenated alkanes) is 1. The summed E-state index contributed by atoms with van der Waals surface area (Å²) >= 11 is 0. The first-order valence-corrected chi connectivity index (χ1v) is 14.1. The van der Waals surface area contributed by atoms with Gasteiger partial charge in [-0.3, -0.25) is 14.4 Å². The number of hydrogen-bond donors (Lipinski definition) is 4. The molecule has 12 heteroatoms. The number of nitrogens with two attached hydrogens (primary N) is 2. The normalized spacial score (nSPS) is 13.2. The zero-order valence-corrected chi connectivity index (χ0v) is 24.9. The van der Waals surface area contributed by atoms with E-state index in [0.29, 0.717) is 29.8 Å². The Bertz CT molecular complexity index is 1220. The molecular weight excluding hydrogens is 556 g/mol. The average molecular weight is 599 g/mol. The molecule has 234 valence electrons. The highest BCUT2D eigenvalue weighted by molar-refractivity contribution is 5.97. The first kappa shape index (κ1) is 34.7. The van der Waals surface area contributed by atoms with E-state index in [1.807, 2.05) is 0 Å². The second kappa shape index (κ2) is 16.9. The third-order valence-corrected chi connectivity index (χ3v) is 6.39. The van der Waals surface area contributed by atoms with E-state index in [9.17, 15) is 29.1 Å². The molecule has 3 atom stereocenters. The first-order chi connectivity index (χ1) is 20.3. The number of carboxylic acids is 1. The molecule has 6 N–H and O–H groups in total. The monoisotopic (exact) mass is 598 g/mol. The van der Waals surface area contributed by atoms with Gasteiger partial charge in [-0.1, -0.05) is 60.7 Å². The number of ether oxygens (including phenoxy) is 2. The molecule has 4 amide bonds. The van der Waals surface area contributed by atoms with Crippen LogP contribution in [-0.4, -0.2) is 64.2 Å². The summed E-state index contributed by atoms with van der Waals surface area (Å²) in [5.41, 5.74) is 11.6. The number of imide groups is 1. The molecule has 0 spiro atoms. The summed E-state index contributed by atoms with van der Waals surface area (Å²) in [7, 11) is 0. The Morgan fingerprint density at radius 1 is 0.907 bits per heavy atom. The van der Waals surface area contributed by atoms with Crippen molar-refractivity contribution in [3.8, 4) is 0 Å². The maximum Gasteiger partial charge on any atom is 0.420 e. The predicted octanol–water partition coefficient (Wildman–Crippen LogP) is 3.36. The van der Waals surface area contributed by atoms with Gasteiger partial charge in [0, 0.05) is 0 Å². The standard InChI is InChI=1S/C31H42N4O8/c1-31(2,3)43-30(41)35(29(40)42-20-22-14-8-5-9-15-22)25(16-10-11-17-32)27(37)34-24(26(33)36)19-23(28(38)39)18-21-12-6-4-7-13-21/h4-9,12-15,23-25H,10-11,16-20,32H2,1-3H3,(H2,33,36)(H,34,37)(H,38,39)/t23?,24-,25-/m0/s1. The number of carbonyl (C=O) groups excluding carboxylic acids is 4. The molecular formula is C31H42N4O8. The summed E-state index contributed by atoms with van der Waals surface area (Å²) in [5.74, 6) is -4.10. The van der Waals surface area contributed by atoms with Crippen LogP contribution in [0.1, 0.15) is 57.6 Å². The van der Waals surface area contributed by atoms with E-state index in [0.717, 1.165) is 5.56 Å². The second-order valence-corrected chi connectivity index (χ2v) is 11.1. The molecule has 0 aliphatic rings. The molecule has 43 heavy (non-hydrogen) atoms. The van der Waals surface area contributed by atoms with E-state index in [-0.39, 0.29) is 25.9 Å². The summed E-state index contributed by atoms with van der Waals surface area (Å²) in [5, 5.41) is 12.3. The van der Waals surface area contributed by atoms with Crippen LogP contribution in [0.25, 0.3) is 0 Å². The lowest BCUT2D eigenvalue weighted by Gasteiger charge is -2.32. The fraction of sp³-hybridized carbons (Fsp3) is 0.452. The minimum Gasteiger partial charge on any atom is -0.481 e. The molecule has 2 aromatic carbocycles. The molecule has 12 nitrogen and oxygen atoms in total. The minimum absolute atomic E-state index is 0.0272. The van der Waals surface area contributed by atoms with Gasteiger partial charge in [0.25, 0.3) is 0 Å². The van der Waals surface area contributed by atoms with Crippen molar-refractivity contribution in [1.29, 1.82) is 0 Å². The SMILES string of the molecule is CC(C)(C)OC(=O)N(C(=O)OCc1ccccc1)[C@@H](CCCCN)C(=O)N[C@@H](CC(Cc1ccccc1)C(=O)O)C(N)=O. The van der Waals surface area contributed by atoms with Crippen LogP contribution in [0.5, 0.6) is 0 Å². The Morgan fingerprint density at radius 2 is 1.49 bits per heavy atom. The van der Waals surface area contributed by atoms with Crippen molar-refractivity contribution in [3.05, 3.63) is 71.8 Å². The van der Waals surface area contributed by atoms with Crippen LogP contribution in [0.15, 0.2) is 60.7 Å². The van der Waals surface area contributed by atoms with Crippen molar-refractivity contribution < 1.29 is 38.6 Å². The van der Waals surface area contributed by atoms with Crippen LogP contribution in [0.3, 0.4) is 0 Å². The molecule has 1 unspecified atom stereocenters. The maximum atomic E-state index is 13.7. The topological polar surface area (TPSA) is 191 Å². The Labute approximate surface area is 251 Å². The molecule has 0 fully saturated rings. The zero-order valence-electron chi connectivity index (χ0n) is 24.9. The summed E-state index contributed by atoms with van der Waals surface area (Å²) in [6.07, 6.45) is -1.69. The lowest BCUT2D eigenvalue weighted by atomic mass is 9.92. The van der Waals surface area contributed by atoms with Crippen molar-refractivity contribution in [3.63, 3.8) is 0 Å².